The number of benzene rings is 2. The number of hydrogen-bond donors (Lipinski definition) is 12. The molecule has 2 aromatic carbocycles. The van der Waals surface area contributed by atoms with Crippen LogP contribution in [0.25, 0.3) is 0 Å². The number of carboxylic acid groups (broad SMARTS) is 8. The van der Waals surface area contributed by atoms with Gasteiger partial charge in [0, 0.05) is 153 Å². The number of nitrogens with zero attached hydrogens (tertiary/aromatic N) is 4. The van der Waals surface area contributed by atoms with Crippen LogP contribution in [0, 0.1) is 0 Å². The Balaban J connectivity index is -0.0000000431. The number of rotatable bonds is 24. The molecule has 4 radical (unpaired) electrons. The summed E-state index contributed by atoms with van der Waals surface area (Å²) in [6.07, 6.45) is 0. The SMILES string of the molecule is CC(C)=O.CC(C)=O.NC(N)=[NH2+].NC(N)=[NH2+].NC(N)=[NH2+].NC(N)=[NH2+].O.O.O.O.O=C([O-])CN(CC(=O)[O-])Cc1cc([O-])c(CN(CC(=O)[O-])CC(=O)[O-])cc1[O-].O=C([O-])CN(CC(=O)[O-])Cc1cc([O-])c(CN(CC(=O)[O-])CC(=O)[O-])cc1[O-].[O-2].[O-2].[O-2].[O-2].[O-2].[O-2].[V].[V].[V].[V]. The molecule has 0 aliphatic heterocycles. The number of aliphatic carboxylic acids is 8. The van der Waals surface area contributed by atoms with Crippen molar-refractivity contribution in [2.75, 3.05) is 52.4 Å². The average Bonchev–Trinajstić information content (AvgIpc) is 3.18. The molecule has 2 rings (SSSR count). The van der Waals surface area contributed by atoms with Crippen LogP contribution in [0.4, 0.5) is 0 Å². The van der Waals surface area contributed by atoms with E-state index in [0.29, 0.717) is 0 Å². The van der Waals surface area contributed by atoms with Gasteiger partial charge in [-0.1, -0.05) is 24.3 Å². The Hall–Kier alpha value is -8.40. The summed E-state index contributed by atoms with van der Waals surface area (Å²) >= 11 is 0. The van der Waals surface area contributed by atoms with Crippen LogP contribution in [0.3, 0.4) is 0 Å². The second kappa shape index (κ2) is 80.7. The summed E-state index contributed by atoms with van der Waals surface area (Å²) in [5, 5.41) is 152. The Bertz CT molecular complexity index is 2030. The summed E-state index contributed by atoms with van der Waals surface area (Å²) in [7, 11) is 0. The third kappa shape index (κ3) is 111. The van der Waals surface area contributed by atoms with E-state index in [9.17, 15) is 109 Å². The van der Waals surface area contributed by atoms with E-state index in [2.05, 4.69) is 67.5 Å². The second-order valence-electron chi connectivity index (χ2n) is 15.5. The van der Waals surface area contributed by atoms with Crippen molar-refractivity contribution in [3.8, 4) is 23.0 Å². The van der Waals surface area contributed by atoms with Crippen molar-refractivity contribution in [1.82, 2.24) is 19.6 Å². The summed E-state index contributed by atoms with van der Waals surface area (Å²) in [5.41, 5.74) is 35.8. The molecule has 0 spiro atoms. The molecule has 0 saturated carbocycles. The molecular weight excluding hydrogens is 1440 g/mol. The summed E-state index contributed by atoms with van der Waals surface area (Å²) in [5.74, 6) is -15.8. The van der Waals surface area contributed by atoms with E-state index in [0.717, 1.165) is 43.9 Å². The molecule has 94 heavy (non-hydrogen) atoms. The minimum Gasteiger partial charge on any atom is -2.00 e. The third-order valence-electron chi connectivity index (χ3n) is 6.88. The van der Waals surface area contributed by atoms with Gasteiger partial charge in [0.25, 0.3) is 0 Å². The summed E-state index contributed by atoms with van der Waals surface area (Å²) in [6, 6.07) is 3.35. The molecule has 0 bridgehead atoms. The minimum absolute atomic E-state index is 0. The van der Waals surface area contributed by atoms with Gasteiger partial charge >= 0.3 is 23.8 Å². The predicted octanol–water partition coefficient (Wildman–Crippen LogP) is -29.9. The van der Waals surface area contributed by atoms with Crippen LogP contribution < -0.4 is 129 Å². The topological polar surface area (TPSA) is 1070 Å². The number of nitrogens with two attached hydrogens (primary N) is 12. The smallest absolute Gasteiger partial charge is 0.336 e. The molecule has 0 unspecified atom stereocenters. The number of hydrogen-bond acceptors (Lipinski definition) is 26. The molecule has 0 atom stereocenters. The van der Waals surface area contributed by atoms with Crippen molar-refractivity contribution in [3.05, 3.63) is 46.5 Å². The van der Waals surface area contributed by atoms with Crippen LogP contribution in [-0.4, -0.2) is 177 Å². The van der Waals surface area contributed by atoms with Crippen molar-refractivity contribution in [3.63, 3.8) is 0 Å². The number of carboxylic acids is 8. The van der Waals surface area contributed by atoms with Crippen molar-refractivity contribution in [2.45, 2.75) is 53.9 Å². The molecular formula is C42H72N16O32V4-20. The first-order valence-corrected chi connectivity index (χ1v) is 21.3. The van der Waals surface area contributed by atoms with Crippen LogP contribution in [0.2, 0.25) is 0 Å². The van der Waals surface area contributed by atoms with E-state index in [1.54, 1.807) is 0 Å². The van der Waals surface area contributed by atoms with Crippen LogP contribution in [-0.2, 0) is 181 Å². The van der Waals surface area contributed by atoms with Crippen LogP contribution >= 0.6 is 0 Å². The summed E-state index contributed by atoms with van der Waals surface area (Å²) < 4.78 is 0. The summed E-state index contributed by atoms with van der Waals surface area (Å²) in [6.45, 7) is -2.44. The number of carbonyl (C=O) groups is 10. The van der Waals surface area contributed by atoms with Crippen molar-refractivity contribution in [1.29, 1.82) is 0 Å². The normalized spacial score (nSPS) is 8.09. The minimum atomic E-state index is -1.60. The van der Waals surface area contributed by atoms with Gasteiger partial charge in [0.2, 0.25) is 0 Å². The van der Waals surface area contributed by atoms with E-state index in [4.69, 9.17) is 0 Å². The Morgan fingerprint density at radius 1 is 0.298 bits per heavy atom. The molecule has 0 aliphatic rings. The van der Waals surface area contributed by atoms with E-state index < -0.39 is 149 Å². The molecule has 52 heteroatoms. The second-order valence-corrected chi connectivity index (χ2v) is 15.5. The molecule has 0 amide bonds. The standard InChI is InChI=1S/2C16H20N2O10.2C3H6O.4CH5N3.4H2O.6O.4V/c2*19-11-1-9(3-17(5-13(21)22)6-14(23)24)12(20)2-10(11)4-18(7-15(25)26)8-16(27)28;2*1-3(2)4;4*2-1(3)4;;;;;;;;;;;;;;/h2*1-2,19-20H,3-8H2,(H,21,22)(H,23,24)(H,25,26)(H,27,28);2*1-2H3;4*(H5,2,3,4);4*1H2;;;;;;;;;;/q;;;;;;;;;;;;6*-2;;;;/p-8. The van der Waals surface area contributed by atoms with Gasteiger partial charge in [0.1, 0.15) is 11.6 Å². The van der Waals surface area contributed by atoms with E-state index in [-0.39, 0.29) is 187 Å². The number of guanidine groups is 4. The van der Waals surface area contributed by atoms with E-state index >= 15 is 0 Å². The Morgan fingerprint density at radius 2 is 0.372 bits per heavy atom. The van der Waals surface area contributed by atoms with E-state index in [1.165, 1.54) is 27.7 Å². The quantitative estimate of drug-likeness (QED) is 0.0343. The zero-order valence-corrected chi connectivity index (χ0v) is 55.3. The van der Waals surface area contributed by atoms with Gasteiger partial charge in [0.05, 0.1) is 47.8 Å². The van der Waals surface area contributed by atoms with Gasteiger partial charge in [-0.05, 0) is 49.9 Å². The van der Waals surface area contributed by atoms with Crippen molar-refractivity contribution in [2.24, 2.45) is 45.9 Å². The number of carbonyl (C=O) groups excluding carboxylic acids is 10. The van der Waals surface area contributed by atoms with Gasteiger partial charge in [0.15, 0.2) is 0 Å². The molecule has 0 aromatic heterocycles. The molecule has 552 valence electrons. The Morgan fingerprint density at radius 3 is 0.436 bits per heavy atom. The Labute approximate surface area is 581 Å². The van der Waals surface area contributed by atoms with Crippen LogP contribution in [0.5, 0.6) is 23.0 Å². The first kappa shape index (κ1) is 142. The van der Waals surface area contributed by atoms with Gasteiger partial charge in [-0.25, -0.2) is 0 Å². The first-order valence-electron chi connectivity index (χ1n) is 21.3. The van der Waals surface area contributed by atoms with Gasteiger partial charge in [-0.3, -0.25) is 87.1 Å². The van der Waals surface area contributed by atoms with E-state index in [1.807, 2.05) is 0 Å². The summed E-state index contributed by atoms with van der Waals surface area (Å²) in [4.78, 5) is 107. The molecule has 0 saturated heterocycles. The van der Waals surface area contributed by atoms with Gasteiger partial charge in [-0.2, -0.15) is 0 Å². The first-order chi connectivity index (χ1) is 36.3. The molecule has 0 fully saturated rings. The van der Waals surface area contributed by atoms with Crippen LogP contribution in [0.15, 0.2) is 24.3 Å². The fourth-order valence-electron chi connectivity index (χ4n) is 4.88. The number of Topliss-reactive ketones (excluding diaryl/α,β-unsaturated/α-hetero) is 2. The average molecular weight is 1520 g/mol. The monoisotopic (exact) mass is 1520 g/mol. The maximum absolute atomic E-state index is 12.2. The van der Waals surface area contributed by atoms with Gasteiger partial charge in [-0.15, -0.1) is 23.0 Å². The molecule has 0 heterocycles. The zero-order valence-electron chi connectivity index (χ0n) is 49.7. The number of ketones is 2. The van der Waals surface area contributed by atoms with Crippen LogP contribution in [0.1, 0.15) is 49.9 Å². The fourth-order valence-corrected chi connectivity index (χ4v) is 4.88. The molecule has 0 aliphatic carbocycles. The third-order valence-corrected chi connectivity index (χ3v) is 6.88. The molecule has 32 N–H and O–H groups in total. The molecule has 48 nitrogen and oxygen atoms in total. The molecule has 2 aromatic rings. The van der Waals surface area contributed by atoms with Gasteiger partial charge < -0.3 is 164 Å². The maximum Gasteiger partial charge on any atom is 0.336 e. The Kier molecular flexibility index (Phi) is 122. The van der Waals surface area contributed by atoms with Crippen molar-refractivity contribution >= 4 is 83.2 Å². The maximum atomic E-state index is 12.2. The fraction of sp³-hybridized carbons (Fsp3) is 0.381. The van der Waals surface area contributed by atoms with Crippen molar-refractivity contribution < 1.29 is 260 Å². The zero-order chi connectivity index (χ0) is 64.3. The predicted molar refractivity (Wildman–Crippen MR) is 264 cm³/mol. The largest absolute Gasteiger partial charge is 2.00 e.